The fourth-order valence-electron chi connectivity index (χ4n) is 6.67. The summed E-state index contributed by atoms with van der Waals surface area (Å²) in [4.78, 5) is 37.2. The van der Waals surface area contributed by atoms with Crippen molar-refractivity contribution in [2.75, 3.05) is 0 Å². The monoisotopic (exact) mass is 430 g/mol. The van der Waals surface area contributed by atoms with E-state index in [1.54, 1.807) is 0 Å². The van der Waals surface area contributed by atoms with E-state index in [-0.39, 0.29) is 5.92 Å². The number of fused-ring (bicyclic) bond motifs is 3. The molecule has 0 aromatic heterocycles. The summed E-state index contributed by atoms with van der Waals surface area (Å²) in [6.45, 7) is 0. The van der Waals surface area contributed by atoms with Gasteiger partial charge in [0.2, 0.25) is 6.29 Å². The minimum Gasteiger partial charge on any atom is -0.428 e. The Hall–Kier alpha value is -4.09. The van der Waals surface area contributed by atoms with Crippen molar-refractivity contribution in [1.29, 1.82) is 0 Å². The fourth-order valence-corrected chi connectivity index (χ4v) is 6.67. The number of aliphatic hydroxyl groups is 1. The highest BCUT2D eigenvalue weighted by molar-refractivity contribution is 6.38. The van der Waals surface area contributed by atoms with Crippen LogP contribution in [-0.4, -0.2) is 23.6 Å². The molecule has 2 aliphatic carbocycles. The summed E-state index contributed by atoms with van der Waals surface area (Å²) < 4.78 is 5.24. The highest BCUT2D eigenvalue weighted by Crippen LogP contribution is 2.54. The molecule has 0 saturated heterocycles. The van der Waals surface area contributed by atoms with Crippen LogP contribution < -0.4 is 5.22 Å². The number of carbonyl (C=O) groups is 3. The second-order valence-corrected chi connectivity index (χ2v) is 9.08. The smallest absolute Gasteiger partial charge is 0.341 e. The second kappa shape index (κ2) is 5.45. The topological polar surface area (TPSA) is 80.7 Å². The van der Waals surface area contributed by atoms with Gasteiger partial charge in [0.15, 0.2) is 6.29 Å². The van der Waals surface area contributed by atoms with Gasteiger partial charge in [-0.05, 0) is 65.9 Å². The molecule has 1 heterocycles. The number of allylic oxidation sites excluding steroid dienone is 2. The van der Waals surface area contributed by atoms with Gasteiger partial charge in [-0.25, -0.2) is 4.79 Å². The Kier molecular flexibility index (Phi) is 2.88. The third-order valence-electron chi connectivity index (χ3n) is 7.85. The van der Waals surface area contributed by atoms with Crippen LogP contribution in [0.25, 0.3) is 54.7 Å². The van der Waals surface area contributed by atoms with E-state index in [1.807, 2.05) is 36.4 Å². The van der Waals surface area contributed by atoms with Crippen molar-refractivity contribution >= 4 is 73.3 Å². The van der Waals surface area contributed by atoms with Gasteiger partial charge < -0.3 is 9.84 Å². The number of aliphatic hydroxyl groups excluding tert-OH is 1. The van der Waals surface area contributed by atoms with Gasteiger partial charge >= 0.3 is 5.97 Å². The first-order chi connectivity index (χ1) is 16.1. The van der Waals surface area contributed by atoms with Crippen molar-refractivity contribution in [3.63, 3.8) is 0 Å². The fraction of sp³-hybridized carbons (Fsp3) is 0.107. The first-order valence-corrected chi connectivity index (χ1v) is 10.9. The van der Waals surface area contributed by atoms with Crippen molar-refractivity contribution in [1.82, 2.24) is 0 Å². The molecule has 5 heteroatoms. The quantitative estimate of drug-likeness (QED) is 0.198. The molecule has 8 rings (SSSR count). The number of hydrogen-bond donors (Lipinski definition) is 1. The zero-order valence-corrected chi connectivity index (χ0v) is 17.1. The Labute approximate surface area is 185 Å². The van der Waals surface area contributed by atoms with Crippen LogP contribution in [0.15, 0.2) is 42.0 Å². The summed E-state index contributed by atoms with van der Waals surface area (Å²) in [6, 6.07) is 11.8. The molecular formula is C28H14O5. The summed E-state index contributed by atoms with van der Waals surface area (Å²) in [5.41, 5.74) is 3.68. The Morgan fingerprint density at radius 3 is 2.45 bits per heavy atom. The minimum atomic E-state index is -1.32. The first kappa shape index (κ1) is 17.5. The highest BCUT2D eigenvalue weighted by atomic mass is 16.6. The maximum absolute atomic E-state index is 12.8. The summed E-state index contributed by atoms with van der Waals surface area (Å²) in [6.07, 6.45) is 3.04. The zero-order chi connectivity index (χ0) is 22.2. The molecule has 5 aromatic carbocycles. The third kappa shape index (κ3) is 1.74. The third-order valence-corrected chi connectivity index (χ3v) is 7.85. The van der Waals surface area contributed by atoms with Crippen LogP contribution in [0.1, 0.15) is 45.7 Å². The zero-order valence-electron chi connectivity index (χ0n) is 17.1. The summed E-state index contributed by atoms with van der Waals surface area (Å²) >= 11 is 0. The number of benzene rings is 5. The van der Waals surface area contributed by atoms with Gasteiger partial charge in [-0.2, -0.15) is 0 Å². The van der Waals surface area contributed by atoms with Crippen molar-refractivity contribution < 1.29 is 24.2 Å². The van der Waals surface area contributed by atoms with Crippen LogP contribution >= 0.6 is 0 Å². The molecule has 0 amide bonds. The van der Waals surface area contributed by atoms with E-state index in [0.29, 0.717) is 28.7 Å². The molecule has 0 bridgehead atoms. The van der Waals surface area contributed by atoms with E-state index in [9.17, 15) is 19.5 Å². The first-order valence-electron chi connectivity index (χ1n) is 10.9. The molecule has 33 heavy (non-hydrogen) atoms. The van der Waals surface area contributed by atoms with Crippen LogP contribution in [0.4, 0.5) is 0 Å². The van der Waals surface area contributed by atoms with Gasteiger partial charge in [0.1, 0.15) is 6.29 Å². The Balaban J connectivity index is 1.79. The molecule has 3 aliphatic rings. The summed E-state index contributed by atoms with van der Waals surface area (Å²) in [5.74, 6) is -0.742. The van der Waals surface area contributed by atoms with Gasteiger partial charge in [-0.3, -0.25) is 9.59 Å². The predicted octanol–water partition coefficient (Wildman–Crippen LogP) is 4.05. The maximum Gasteiger partial charge on any atom is 0.341 e. The molecule has 5 nitrogen and oxygen atoms in total. The largest absolute Gasteiger partial charge is 0.428 e. The number of hydrogen-bond acceptors (Lipinski definition) is 5. The van der Waals surface area contributed by atoms with Crippen molar-refractivity contribution in [3.05, 3.63) is 69.4 Å². The van der Waals surface area contributed by atoms with Gasteiger partial charge in [0.25, 0.3) is 0 Å². The summed E-state index contributed by atoms with van der Waals surface area (Å²) in [5, 5.41) is 19.2. The second-order valence-electron chi connectivity index (χ2n) is 9.08. The number of aldehydes is 2. The molecule has 0 spiro atoms. The van der Waals surface area contributed by atoms with Gasteiger partial charge in [-0.15, -0.1) is 0 Å². The normalized spacial score (nSPS) is 20.8. The Bertz CT molecular complexity index is 1890. The molecule has 2 atom stereocenters. The molecule has 1 aliphatic heterocycles. The van der Waals surface area contributed by atoms with Gasteiger partial charge in [-0.1, -0.05) is 42.5 Å². The minimum absolute atomic E-state index is 0.215. The van der Waals surface area contributed by atoms with E-state index < -0.39 is 12.3 Å². The standard InChI is InChI=1S/C28H14O5/c29-9-17-13-5-1-11-3-7-15-23-19(11)21(13)22-14(18(17)10-30)6-2-12-4-8-16(24(23)20(12)22)26-25(15)27(31)33-28(26)32/h1-5,7-10,14,27,31H,6H2. The molecule has 0 fully saturated rings. The van der Waals surface area contributed by atoms with E-state index in [2.05, 4.69) is 6.08 Å². The molecule has 0 radical (unpaired) electrons. The molecule has 1 N–H and O–H groups in total. The number of rotatable bonds is 2. The predicted molar refractivity (Wildman–Crippen MR) is 124 cm³/mol. The Morgan fingerprint density at radius 2 is 1.64 bits per heavy atom. The van der Waals surface area contributed by atoms with E-state index in [1.165, 1.54) is 0 Å². The van der Waals surface area contributed by atoms with E-state index >= 15 is 0 Å². The maximum atomic E-state index is 12.8. The average Bonchev–Trinajstić information content (AvgIpc) is 3.15. The van der Waals surface area contributed by atoms with E-state index in [0.717, 1.165) is 72.0 Å². The van der Waals surface area contributed by atoms with Crippen LogP contribution in [-0.2, 0) is 14.3 Å². The lowest BCUT2D eigenvalue weighted by molar-refractivity contribution is -0.106. The van der Waals surface area contributed by atoms with Crippen molar-refractivity contribution in [2.45, 2.75) is 18.6 Å². The number of carbonyl (C=O) groups excluding carboxylic acids is 3. The van der Waals surface area contributed by atoms with Gasteiger partial charge in [0, 0.05) is 22.6 Å². The SMILES string of the molecule is O=CC1=C(C=O)C2CC=c3ccc4c5c(c6ccc7ccc1c1c2c3c4c6c71)C(O)OC5=O. The molecule has 0 saturated carbocycles. The van der Waals surface area contributed by atoms with Crippen molar-refractivity contribution in [2.24, 2.45) is 0 Å². The lowest BCUT2D eigenvalue weighted by Gasteiger charge is -2.32. The number of cyclic esters (lactones) is 1. The number of ether oxygens (including phenoxy) is 1. The van der Waals surface area contributed by atoms with Crippen LogP contribution in [0.3, 0.4) is 0 Å². The van der Waals surface area contributed by atoms with Crippen LogP contribution in [0, 0.1) is 0 Å². The lowest BCUT2D eigenvalue weighted by atomic mass is 9.69. The number of esters is 1. The Morgan fingerprint density at radius 1 is 0.848 bits per heavy atom. The lowest BCUT2D eigenvalue weighted by Crippen LogP contribution is -2.21. The molecule has 5 aromatic rings. The van der Waals surface area contributed by atoms with Gasteiger partial charge in [0.05, 0.1) is 5.56 Å². The van der Waals surface area contributed by atoms with Crippen molar-refractivity contribution in [3.8, 4) is 0 Å². The van der Waals surface area contributed by atoms with E-state index in [4.69, 9.17) is 4.74 Å². The molecule has 156 valence electrons. The average molecular weight is 430 g/mol. The molecule has 2 unspecified atom stereocenters. The highest BCUT2D eigenvalue weighted by Gasteiger charge is 2.39. The summed E-state index contributed by atoms with van der Waals surface area (Å²) in [7, 11) is 0. The molecular weight excluding hydrogens is 416 g/mol. The van der Waals surface area contributed by atoms with Crippen LogP contribution in [0.2, 0.25) is 0 Å². The van der Waals surface area contributed by atoms with Crippen LogP contribution in [0.5, 0.6) is 0 Å².